The first kappa shape index (κ1) is 14.3. The molecule has 2 unspecified atom stereocenters. The second-order valence-electron chi connectivity index (χ2n) is 6.90. The fourth-order valence-corrected chi connectivity index (χ4v) is 3.55. The summed E-state index contributed by atoms with van der Waals surface area (Å²) in [6.07, 6.45) is 6.85. The van der Waals surface area contributed by atoms with E-state index in [1.165, 1.54) is 51.7 Å². The van der Waals surface area contributed by atoms with Crippen molar-refractivity contribution in [2.75, 3.05) is 19.6 Å². The van der Waals surface area contributed by atoms with Crippen molar-refractivity contribution in [2.24, 2.45) is 11.3 Å². The summed E-state index contributed by atoms with van der Waals surface area (Å²) < 4.78 is 0. The molecule has 2 fully saturated rings. The largest absolute Gasteiger partial charge is 0.311 e. The summed E-state index contributed by atoms with van der Waals surface area (Å²) in [5.41, 5.74) is 0.668. The molecule has 2 aliphatic rings. The fraction of sp³-hybridized carbons (Fsp3) is 1.00. The van der Waals surface area contributed by atoms with Gasteiger partial charge in [0.25, 0.3) is 0 Å². The first-order valence-electron chi connectivity index (χ1n) is 8.08. The summed E-state index contributed by atoms with van der Waals surface area (Å²) in [5.74, 6) is 0.856. The van der Waals surface area contributed by atoms with E-state index < -0.39 is 0 Å². The van der Waals surface area contributed by atoms with Crippen LogP contribution in [-0.4, -0.2) is 36.6 Å². The lowest BCUT2D eigenvalue weighted by atomic mass is 9.90. The van der Waals surface area contributed by atoms with Crippen molar-refractivity contribution >= 4 is 0 Å². The van der Waals surface area contributed by atoms with Crippen LogP contribution in [0.2, 0.25) is 0 Å². The quantitative estimate of drug-likeness (QED) is 0.780. The molecule has 2 heteroatoms. The Balaban J connectivity index is 1.94. The molecule has 1 N–H and O–H groups in total. The summed E-state index contributed by atoms with van der Waals surface area (Å²) >= 11 is 0. The zero-order valence-electron chi connectivity index (χ0n) is 12.8. The molecule has 0 aromatic carbocycles. The Morgan fingerprint density at radius 1 is 1.28 bits per heavy atom. The number of piperazine rings is 1. The van der Waals surface area contributed by atoms with Gasteiger partial charge < -0.3 is 5.32 Å². The summed E-state index contributed by atoms with van der Waals surface area (Å²) in [5, 5.41) is 3.74. The minimum Gasteiger partial charge on any atom is -0.311 e. The Kier molecular flexibility index (Phi) is 4.71. The number of nitrogens with zero attached hydrogens (tertiary/aromatic N) is 1. The highest BCUT2D eigenvalue weighted by Crippen LogP contribution is 2.52. The summed E-state index contributed by atoms with van der Waals surface area (Å²) in [4.78, 5) is 2.81. The third-order valence-corrected chi connectivity index (χ3v) is 5.36. The van der Waals surface area contributed by atoms with Crippen molar-refractivity contribution < 1.29 is 0 Å². The van der Waals surface area contributed by atoms with E-state index in [9.17, 15) is 0 Å². The molecule has 0 bridgehead atoms. The average Bonchev–Trinajstić information content (AvgIpc) is 3.11. The minimum absolute atomic E-state index is 0.668. The van der Waals surface area contributed by atoms with Crippen LogP contribution < -0.4 is 5.32 Å². The second kappa shape index (κ2) is 5.92. The molecule has 2 rings (SSSR count). The Morgan fingerprint density at radius 3 is 2.50 bits per heavy atom. The standard InChI is InChI=1S/C16H32N2/c1-5-7-14-11-18(15(6-2)10-17-14)12-16(8-9-16)13(3)4/h13-15,17H,5-12H2,1-4H3. The Labute approximate surface area is 114 Å². The van der Waals surface area contributed by atoms with Crippen LogP contribution in [0.15, 0.2) is 0 Å². The van der Waals surface area contributed by atoms with Crippen LogP contribution in [0.1, 0.15) is 59.8 Å². The Bertz CT molecular complexity index is 258. The van der Waals surface area contributed by atoms with Gasteiger partial charge in [0.2, 0.25) is 0 Å². The molecule has 1 aliphatic carbocycles. The SMILES string of the molecule is CCCC1CN(CC2(C(C)C)CC2)C(CC)CN1. The van der Waals surface area contributed by atoms with E-state index in [2.05, 4.69) is 37.9 Å². The van der Waals surface area contributed by atoms with Gasteiger partial charge in [-0.1, -0.05) is 34.1 Å². The maximum absolute atomic E-state index is 3.74. The van der Waals surface area contributed by atoms with Gasteiger partial charge in [0, 0.05) is 31.7 Å². The highest BCUT2D eigenvalue weighted by molar-refractivity contribution is 5.00. The van der Waals surface area contributed by atoms with Gasteiger partial charge in [0.05, 0.1) is 0 Å². The lowest BCUT2D eigenvalue weighted by Gasteiger charge is -2.42. The van der Waals surface area contributed by atoms with Gasteiger partial charge in [0.15, 0.2) is 0 Å². The highest BCUT2D eigenvalue weighted by Gasteiger charge is 2.47. The molecule has 1 heterocycles. The number of hydrogen-bond donors (Lipinski definition) is 1. The lowest BCUT2D eigenvalue weighted by Crippen LogP contribution is -2.57. The molecular formula is C16H32N2. The van der Waals surface area contributed by atoms with Gasteiger partial charge in [-0.3, -0.25) is 4.90 Å². The fourth-order valence-electron chi connectivity index (χ4n) is 3.55. The van der Waals surface area contributed by atoms with Crippen molar-refractivity contribution in [3.63, 3.8) is 0 Å². The highest BCUT2D eigenvalue weighted by atomic mass is 15.2. The second-order valence-corrected chi connectivity index (χ2v) is 6.90. The Morgan fingerprint density at radius 2 is 2.00 bits per heavy atom. The summed E-state index contributed by atoms with van der Waals surface area (Å²) in [6.45, 7) is 13.3. The zero-order valence-corrected chi connectivity index (χ0v) is 12.8. The van der Waals surface area contributed by atoms with E-state index in [0.717, 1.165) is 18.0 Å². The van der Waals surface area contributed by atoms with Crippen LogP contribution in [0.4, 0.5) is 0 Å². The molecule has 0 aromatic rings. The van der Waals surface area contributed by atoms with Gasteiger partial charge in [0.1, 0.15) is 0 Å². The zero-order chi connectivity index (χ0) is 13.2. The van der Waals surface area contributed by atoms with Crippen molar-refractivity contribution in [2.45, 2.75) is 71.9 Å². The van der Waals surface area contributed by atoms with E-state index in [0.29, 0.717) is 5.41 Å². The van der Waals surface area contributed by atoms with Crippen molar-refractivity contribution in [3.8, 4) is 0 Å². The molecule has 2 nitrogen and oxygen atoms in total. The summed E-state index contributed by atoms with van der Waals surface area (Å²) in [7, 11) is 0. The minimum atomic E-state index is 0.668. The molecule has 2 atom stereocenters. The summed E-state index contributed by atoms with van der Waals surface area (Å²) in [6, 6.07) is 1.51. The predicted octanol–water partition coefficient (Wildman–Crippen LogP) is 3.28. The first-order chi connectivity index (χ1) is 8.61. The smallest absolute Gasteiger partial charge is 0.0219 e. The van der Waals surface area contributed by atoms with E-state index in [1.54, 1.807) is 0 Å². The van der Waals surface area contributed by atoms with Crippen LogP contribution in [-0.2, 0) is 0 Å². The topological polar surface area (TPSA) is 15.3 Å². The van der Waals surface area contributed by atoms with E-state index >= 15 is 0 Å². The molecule has 18 heavy (non-hydrogen) atoms. The predicted molar refractivity (Wildman–Crippen MR) is 78.9 cm³/mol. The third-order valence-electron chi connectivity index (χ3n) is 5.36. The average molecular weight is 252 g/mol. The molecule has 1 aliphatic heterocycles. The van der Waals surface area contributed by atoms with Crippen LogP contribution in [0.25, 0.3) is 0 Å². The maximum Gasteiger partial charge on any atom is 0.0219 e. The van der Waals surface area contributed by atoms with Crippen LogP contribution in [0.5, 0.6) is 0 Å². The molecular weight excluding hydrogens is 220 g/mol. The molecule has 0 amide bonds. The number of hydrogen-bond acceptors (Lipinski definition) is 2. The maximum atomic E-state index is 3.74. The third kappa shape index (κ3) is 3.08. The van der Waals surface area contributed by atoms with Crippen molar-refractivity contribution in [3.05, 3.63) is 0 Å². The van der Waals surface area contributed by atoms with Crippen LogP contribution in [0.3, 0.4) is 0 Å². The van der Waals surface area contributed by atoms with Gasteiger partial charge in [-0.05, 0) is 37.0 Å². The molecule has 0 radical (unpaired) electrons. The van der Waals surface area contributed by atoms with Crippen LogP contribution >= 0.6 is 0 Å². The van der Waals surface area contributed by atoms with Gasteiger partial charge >= 0.3 is 0 Å². The monoisotopic (exact) mass is 252 g/mol. The molecule has 1 saturated heterocycles. The van der Waals surface area contributed by atoms with E-state index in [1.807, 2.05) is 0 Å². The normalized spacial score (nSPS) is 31.8. The molecule has 106 valence electrons. The number of rotatable bonds is 6. The van der Waals surface area contributed by atoms with Crippen LogP contribution in [0, 0.1) is 11.3 Å². The van der Waals surface area contributed by atoms with Crippen molar-refractivity contribution in [1.82, 2.24) is 10.2 Å². The Hall–Kier alpha value is -0.0800. The van der Waals surface area contributed by atoms with Crippen molar-refractivity contribution in [1.29, 1.82) is 0 Å². The van der Waals surface area contributed by atoms with E-state index in [-0.39, 0.29) is 0 Å². The van der Waals surface area contributed by atoms with Gasteiger partial charge in [-0.2, -0.15) is 0 Å². The van der Waals surface area contributed by atoms with E-state index in [4.69, 9.17) is 0 Å². The lowest BCUT2D eigenvalue weighted by molar-refractivity contribution is 0.0854. The molecule has 0 aromatic heterocycles. The molecule has 0 spiro atoms. The van der Waals surface area contributed by atoms with Gasteiger partial charge in [-0.25, -0.2) is 0 Å². The first-order valence-corrected chi connectivity index (χ1v) is 8.08. The molecule has 1 saturated carbocycles. The van der Waals surface area contributed by atoms with Gasteiger partial charge in [-0.15, -0.1) is 0 Å². The number of nitrogens with one attached hydrogen (secondary N) is 1.